The van der Waals surface area contributed by atoms with Crippen molar-refractivity contribution in [3.8, 4) is 0 Å². The topological polar surface area (TPSA) is 38.3 Å². The normalized spacial score (nSPS) is 10.2. The van der Waals surface area contributed by atoms with Crippen LogP contribution in [-0.2, 0) is 11.3 Å². The Labute approximate surface area is 110 Å². The highest BCUT2D eigenvalue weighted by Crippen LogP contribution is 2.05. The lowest BCUT2D eigenvalue weighted by Gasteiger charge is -2.05. The van der Waals surface area contributed by atoms with Crippen molar-refractivity contribution in [1.82, 2.24) is 5.32 Å². The zero-order valence-electron chi connectivity index (χ0n) is 9.96. The Morgan fingerprint density at radius 2 is 2.06 bits per heavy atom. The van der Waals surface area contributed by atoms with Crippen molar-refractivity contribution in [3.05, 3.63) is 58.3 Å². The molecular weight excluding hydrogens is 246 g/mol. The van der Waals surface area contributed by atoms with Crippen molar-refractivity contribution in [2.45, 2.75) is 6.61 Å². The second-order valence-corrected chi connectivity index (χ2v) is 4.59. The van der Waals surface area contributed by atoms with Crippen molar-refractivity contribution in [2.75, 3.05) is 13.2 Å². The molecule has 1 aromatic carbocycles. The summed E-state index contributed by atoms with van der Waals surface area (Å²) in [5.41, 5.74) is 1.85. The summed E-state index contributed by atoms with van der Waals surface area (Å²) in [6.45, 7) is 1.63. The minimum Gasteiger partial charge on any atom is -0.375 e. The van der Waals surface area contributed by atoms with Crippen LogP contribution in [0.15, 0.2) is 47.2 Å². The van der Waals surface area contributed by atoms with Gasteiger partial charge in [0.05, 0.1) is 13.2 Å². The standard InChI is InChI=1S/C14H15NO2S/c16-14(13-6-9-18-11-13)15-7-8-17-10-12-4-2-1-3-5-12/h1-6,9,11H,7-8,10H2,(H,15,16). The van der Waals surface area contributed by atoms with Crippen LogP contribution in [0.1, 0.15) is 15.9 Å². The van der Waals surface area contributed by atoms with Crippen molar-refractivity contribution < 1.29 is 9.53 Å². The molecule has 0 radical (unpaired) electrons. The van der Waals surface area contributed by atoms with Gasteiger partial charge in [0.25, 0.3) is 5.91 Å². The van der Waals surface area contributed by atoms with Gasteiger partial charge in [-0.3, -0.25) is 4.79 Å². The van der Waals surface area contributed by atoms with Gasteiger partial charge in [-0.25, -0.2) is 0 Å². The molecule has 1 amide bonds. The second kappa shape index (κ2) is 6.93. The van der Waals surface area contributed by atoms with E-state index in [1.54, 1.807) is 0 Å². The van der Waals surface area contributed by atoms with E-state index in [9.17, 15) is 4.79 Å². The van der Waals surface area contributed by atoms with Crippen LogP contribution in [0.2, 0.25) is 0 Å². The molecule has 0 aliphatic carbocycles. The number of amides is 1. The summed E-state index contributed by atoms with van der Waals surface area (Å²) in [5.74, 6) is -0.0421. The lowest BCUT2D eigenvalue weighted by atomic mass is 10.2. The molecule has 0 saturated heterocycles. The van der Waals surface area contributed by atoms with Crippen LogP contribution in [0.25, 0.3) is 0 Å². The molecule has 0 fully saturated rings. The average molecular weight is 261 g/mol. The van der Waals surface area contributed by atoms with Crippen LogP contribution in [0.3, 0.4) is 0 Å². The highest BCUT2D eigenvalue weighted by atomic mass is 32.1. The largest absolute Gasteiger partial charge is 0.375 e. The van der Waals surface area contributed by atoms with E-state index < -0.39 is 0 Å². The molecule has 0 atom stereocenters. The van der Waals surface area contributed by atoms with E-state index in [4.69, 9.17) is 4.74 Å². The predicted molar refractivity (Wildman–Crippen MR) is 72.8 cm³/mol. The summed E-state index contributed by atoms with van der Waals surface area (Å²) in [6.07, 6.45) is 0. The molecule has 2 rings (SSSR count). The predicted octanol–water partition coefficient (Wildman–Crippen LogP) is 2.69. The Hall–Kier alpha value is -1.65. The summed E-state index contributed by atoms with van der Waals surface area (Å²) in [5, 5.41) is 6.54. The van der Waals surface area contributed by atoms with Gasteiger partial charge in [0, 0.05) is 17.5 Å². The lowest BCUT2D eigenvalue weighted by molar-refractivity contribution is 0.0901. The number of ether oxygens (including phenoxy) is 1. The van der Waals surface area contributed by atoms with E-state index in [-0.39, 0.29) is 5.91 Å². The van der Waals surface area contributed by atoms with Crippen molar-refractivity contribution in [2.24, 2.45) is 0 Å². The lowest BCUT2D eigenvalue weighted by Crippen LogP contribution is -2.26. The highest BCUT2D eigenvalue weighted by Gasteiger charge is 2.03. The summed E-state index contributed by atoms with van der Waals surface area (Å²) in [7, 11) is 0. The first kappa shape index (κ1) is 12.8. The zero-order valence-corrected chi connectivity index (χ0v) is 10.8. The second-order valence-electron chi connectivity index (χ2n) is 3.81. The first-order chi connectivity index (χ1) is 8.86. The molecule has 18 heavy (non-hydrogen) atoms. The highest BCUT2D eigenvalue weighted by molar-refractivity contribution is 7.08. The number of hydrogen-bond donors (Lipinski definition) is 1. The van der Waals surface area contributed by atoms with Crippen LogP contribution >= 0.6 is 11.3 Å². The van der Waals surface area contributed by atoms with Crippen LogP contribution in [-0.4, -0.2) is 19.1 Å². The number of thiophene rings is 1. The summed E-state index contributed by atoms with van der Waals surface area (Å²) in [6, 6.07) is 11.8. The molecule has 1 N–H and O–H groups in total. The molecular formula is C14H15NO2S. The average Bonchev–Trinajstić information content (AvgIpc) is 2.93. The number of nitrogens with one attached hydrogen (secondary N) is 1. The van der Waals surface area contributed by atoms with Gasteiger partial charge in [-0.1, -0.05) is 30.3 Å². The maximum absolute atomic E-state index is 11.6. The SMILES string of the molecule is O=C(NCCOCc1ccccc1)c1ccsc1. The van der Waals surface area contributed by atoms with Gasteiger partial charge >= 0.3 is 0 Å². The fourth-order valence-corrected chi connectivity index (χ4v) is 2.13. The Morgan fingerprint density at radius 3 is 2.78 bits per heavy atom. The molecule has 0 spiro atoms. The Morgan fingerprint density at radius 1 is 1.22 bits per heavy atom. The van der Waals surface area contributed by atoms with Crippen molar-refractivity contribution >= 4 is 17.2 Å². The number of carbonyl (C=O) groups excluding carboxylic acids is 1. The minimum absolute atomic E-state index is 0.0421. The van der Waals surface area contributed by atoms with Gasteiger partial charge in [-0.05, 0) is 17.0 Å². The number of rotatable bonds is 6. The number of hydrogen-bond acceptors (Lipinski definition) is 3. The number of benzene rings is 1. The molecule has 1 heterocycles. The van der Waals surface area contributed by atoms with Crippen LogP contribution in [0, 0.1) is 0 Å². The fraction of sp³-hybridized carbons (Fsp3) is 0.214. The van der Waals surface area contributed by atoms with Gasteiger partial charge in [0.15, 0.2) is 0 Å². The van der Waals surface area contributed by atoms with Crippen molar-refractivity contribution in [1.29, 1.82) is 0 Å². The minimum atomic E-state index is -0.0421. The molecule has 0 unspecified atom stereocenters. The fourth-order valence-electron chi connectivity index (χ4n) is 1.50. The van der Waals surface area contributed by atoms with Gasteiger partial charge in [0.2, 0.25) is 0 Å². The van der Waals surface area contributed by atoms with E-state index in [2.05, 4.69) is 5.32 Å². The van der Waals surface area contributed by atoms with E-state index in [1.165, 1.54) is 11.3 Å². The Balaban J connectivity index is 1.61. The van der Waals surface area contributed by atoms with Gasteiger partial charge in [-0.15, -0.1) is 0 Å². The van der Waals surface area contributed by atoms with E-state index in [0.717, 1.165) is 5.56 Å². The van der Waals surface area contributed by atoms with Gasteiger partial charge < -0.3 is 10.1 Å². The monoisotopic (exact) mass is 261 g/mol. The maximum atomic E-state index is 11.6. The van der Waals surface area contributed by atoms with Gasteiger partial charge in [0.1, 0.15) is 0 Å². The summed E-state index contributed by atoms with van der Waals surface area (Å²) < 4.78 is 5.48. The molecule has 4 heteroatoms. The third-order valence-electron chi connectivity index (χ3n) is 2.43. The Bertz CT molecular complexity index is 468. The third-order valence-corrected chi connectivity index (χ3v) is 3.11. The molecule has 0 aliphatic rings. The van der Waals surface area contributed by atoms with Gasteiger partial charge in [-0.2, -0.15) is 11.3 Å². The summed E-state index contributed by atoms with van der Waals surface area (Å²) in [4.78, 5) is 11.6. The first-order valence-corrected chi connectivity index (χ1v) is 6.72. The quantitative estimate of drug-likeness (QED) is 0.812. The van der Waals surface area contributed by atoms with E-state index >= 15 is 0 Å². The molecule has 3 nitrogen and oxygen atoms in total. The van der Waals surface area contributed by atoms with Crippen LogP contribution < -0.4 is 5.32 Å². The molecule has 94 valence electrons. The smallest absolute Gasteiger partial charge is 0.252 e. The first-order valence-electron chi connectivity index (χ1n) is 5.78. The number of carbonyl (C=O) groups is 1. The van der Waals surface area contributed by atoms with Crippen molar-refractivity contribution in [3.63, 3.8) is 0 Å². The van der Waals surface area contributed by atoms with E-state index in [0.29, 0.717) is 25.3 Å². The van der Waals surface area contributed by atoms with Crippen LogP contribution in [0.4, 0.5) is 0 Å². The molecule has 2 aromatic rings. The Kier molecular flexibility index (Phi) is 4.93. The third kappa shape index (κ3) is 3.98. The molecule has 0 saturated carbocycles. The molecule has 0 aliphatic heterocycles. The van der Waals surface area contributed by atoms with Crippen LogP contribution in [0.5, 0.6) is 0 Å². The molecule has 0 bridgehead atoms. The van der Waals surface area contributed by atoms with E-state index in [1.807, 2.05) is 47.2 Å². The molecule has 1 aromatic heterocycles. The maximum Gasteiger partial charge on any atom is 0.252 e. The zero-order chi connectivity index (χ0) is 12.6. The summed E-state index contributed by atoms with van der Waals surface area (Å²) >= 11 is 1.52.